The number of carbonyl (C=O) groups excluding carboxylic acids is 1. The fourth-order valence-corrected chi connectivity index (χ4v) is 2.40. The fourth-order valence-electron chi connectivity index (χ4n) is 2.40. The molecule has 0 fully saturated rings. The number of carbonyl (C=O) groups is 1. The van der Waals surface area contributed by atoms with Gasteiger partial charge in [0, 0.05) is 12.3 Å². The van der Waals surface area contributed by atoms with E-state index in [1.807, 2.05) is 60.0 Å². The molecule has 3 aromatic rings. The topological polar surface area (TPSA) is 68.5 Å². The van der Waals surface area contributed by atoms with Crippen molar-refractivity contribution < 1.29 is 9.53 Å². The molecule has 0 radical (unpaired) electrons. The third-order valence-electron chi connectivity index (χ3n) is 3.61. The number of amides is 1. The lowest BCUT2D eigenvalue weighted by atomic mass is 10.2. The Hall–Kier alpha value is -3.15. The van der Waals surface area contributed by atoms with Gasteiger partial charge in [0.1, 0.15) is 5.75 Å². The largest absolute Gasteiger partial charge is 0.497 e. The quantitative estimate of drug-likeness (QED) is 0.733. The van der Waals surface area contributed by atoms with E-state index in [0.717, 1.165) is 17.0 Å². The number of ether oxygens (including phenoxy) is 1. The minimum Gasteiger partial charge on any atom is -0.497 e. The van der Waals surface area contributed by atoms with Crippen LogP contribution in [0, 0.1) is 0 Å². The molecule has 0 saturated carbocycles. The van der Waals surface area contributed by atoms with Crippen LogP contribution in [0.2, 0.25) is 0 Å². The third-order valence-corrected chi connectivity index (χ3v) is 3.61. The summed E-state index contributed by atoms with van der Waals surface area (Å²) < 4.78 is 7.02. The van der Waals surface area contributed by atoms with Gasteiger partial charge in [-0.3, -0.25) is 9.20 Å². The molecular weight excluding hydrogens is 304 g/mol. The highest BCUT2D eigenvalue weighted by Crippen LogP contribution is 2.14. The summed E-state index contributed by atoms with van der Waals surface area (Å²) in [5.74, 6) is 1.24. The second-order valence-electron chi connectivity index (χ2n) is 5.33. The molecule has 1 aromatic carbocycles. The van der Waals surface area contributed by atoms with E-state index in [9.17, 15) is 4.79 Å². The molecule has 0 aliphatic rings. The number of hydrogen-bond acceptors (Lipinski definition) is 4. The Morgan fingerprint density at radius 1 is 1.25 bits per heavy atom. The Morgan fingerprint density at radius 3 is 2.96 bits per heavy atom. The first kappa shape index (κ1) is 15.7. The molecule has 3 rings (SSSR count). The van der Waals surface area contributed by atoms with Crippen LogP contribution in [0.1, 0.15) is 24.4 Å². The Balaban J connectivity index is 1.69. The predicted molar refractivity (Wildman–Crippen MR) is 91.6 cm³/mol. The third kappa shape index (κ3) is 3.43. The summed E-state index contributed by atoms with van der Waals surface area (Å²) in [5.41, 5.74) is 1.64. The summed E-state index contributed by atoms with van der Waals surface area (Å²) in [6.07, 6.45) is 5.11. The van der Waals surface area contributed by atoms with Crippen molar-refractivity contribution in [2.45, 2.75) is 13.0 Å². The highest BCUT2D eigenvalue weighted by Gasteiger charge is 2.14. The predicted octanol–water partition coefficient (Wildman–Crippen LogP) is 2.63. The van der Waals surface area contributed by atoms with Crippen molar-refractivity contribution in [2.24, 2.45) is 0 Å². The highest BCUT2D eigenvalue weighted by molar-refractivity contribution is 5.91. The molecule has 6 nitrogen and oxygen atoms in total. The Labute approximate surface area is 139 Å². The van der Waals surface area contributed by atoms with Crippen molar-refractivity contribution in [2.75, 3.05) is 7.11 Å². The van der Waals surface area contributed by atoms with Gasteiger partial charge >= 0.3 is 0 Å². The number of nitrogens with one attached hydrogen (secondary N) is 1. The summed E-state index contributed by atoms with van der Waals surface area (Å²) in [5, 5.41) is 11.1. The van der Waals surface area contributed by atoms with Crippen LogP contribution in [-0.4, -0.2) is 27.6 Å². The molecule has 1 N–H and O–H groups in total. The normalized spacial score (nSPS) is 12.4. The van der Waals surface area contributed by atoms with Gasteiger partial charge in [-0.2, -0.15) is 0 Å². The van der Waals surface area contributed by atoms with Gasteiger partial charge in [0.25, 0.3) is 0 Å². The second-order valence-corrected chi connectivity index (χ2v) is 5.33. The molecule has 0 bridgehead atoms. The Kier molecular flexibility index (Phi) is 4.56. The van der Waals surface area contributed by atoms with Crippen LogP contribution in [0.15, 0.2) is 54.7 Å². The van der Waals surface area contributed by atoms with Crippen molar-refractivity contribution in [3.8, 4) is 5.75 Å². The minimum atomic E-state index is -0.259. The van der Waals surface area contributed by atoms with E-state index in [0.29, 0.717) is 5.82 Å². The molecule has 122 valence electrons. The van der Waals surface area contributed by atoms with Gasteiger partial charge in [-0.15, -0.1) is 10.2 Å². The first-order chi connectivity index (χ1) is 11.7. The number of methoxy groups -OCH3 is 1. The molecule has 6 heteroatoms. The molecule has 0 aliphatic heterocycles. The van der Waals surface area contributed by atoms with E-state index >= 15 is 0 Å². The average Bonchev–Trinajstić information content (AvgIpc) is 3.04. The van der Waals surface area contributed by atoms with Crippen LogP contribution < -0.4 is 10.1 Å². The lowest BCUT2D eigenvalue weighted by Gasteiger charge is -2.10. The Morgan fingerprint density at radius 2 is 2.12 bits per heavy atom. The first-order valence-electron chi connectivity index (χ1n) is 7.59. The number of aromatic nitrogens is 3. The first-order valence-corrected chi connectivity index (χ1v) is 7.59. The van der Waals surface area contributed by atoms with Crippen LogP contribution in [0.4, 0.5) is 0 Å². The summed E-state index contributed by atoms with van der Waals surface area (Å²) in [4.78, 5) is 12.1. The average molecular weight is 322 g/mol. The molecule has 0 saturated heterocycles. The molecule has 2 heterocycles. The van der Waals surface area contributed by atoms with Crippen LogP contribution in [0.5, 0.6) is 5.75 Å². The molecule has 1 atom stereocenters. The molecule has 1 unspecified atom stereocenters. The summed E-state index contributed by atoms with van der Waals surface area (Å²) >= 11 is 0. The van der Waals surface area contributed by atoms with Gasteiger partial charge in [0.05, 0.1) is 13.2 Å². The number of benzene rings is 1. The molecular formula is C18H18N4O2. The van der Waals surface area contributed by atoms with Gasteiger partial charge in [-0.1, -0.05) is 18.2 Å². The molecule has 0 spiro atoms. The monoisotopic (exact) mass is 322 g/mol. The molecule has 0 aliphatic carbocycles. The van der Waals surface area contributed by atoms with Crippen molar-refractivity contribution in [3.05, 3.63) is 66.1 Å². The van der Waals surface area contributed by atoms with Crippen molar-refractivity contribution >= 4 is 17.6 Å². The van der Waals surface area contributed by atoms with Gasteiger partial charge in [0.2, 0.25) is 5.91 Å². The van der Waals surface area contributed by atoms with Crippen molar-refractivity contribution in [1.29, 1.82) is 0 Å². The van der Waals surface area contributed by atoms with E-state index in [1.165, 1.54) is 6.08 Å². The van der Waals surface area contributed by atoms with Crippen LogP contribution in [-0.2, 0) is 4.79 Å². The molecule has 1 amide bonds. The van der Waals surface area contributed by atoms with Crippen molar-refractivity contribution in [1.82, 2.24) is 19.9 Å². The molecule has 24 heavy (non-hydrogen) atoms. The molecule has 2 aromatic heterocycles. The van der Waals surface area contributed by atoms with Gasteiger partial charge < -0.3 is 10.1 Å². The number of rotatable bonds is 5. The maximum absolute atomic E-state index is 12.1. The van der Waals surface area contributed by atoms with E-state index in [2.05, 4.69) is 15.5 Å². The lowest BCUT2D eigenvalue weighted by molar-refractivity contribution is -0.117. The van der Waals surface area contributed by atoms with Crippen LogP contribution >= 0.6 is 0 Å². The van der Waals surface area contributed by atoms with Gasteiger partial charge in [0.15, 0.2) is 11.5 Å². The zero-order valence-electron chi connectivity index (χ0n) is 13.5. The second kappa shape index (κ2) is 6.95. The maximum Gasteiger partial charge on any atom is 0.244 e. The highest BCUT2D eigenvalue weighted by atomic mass is 16.5. The SMILES string of the molecule is COc1cccc(/C=C/C(=O)NC(C)c2nnc3ccccn23)c1. The smallest absolute Gasteiger partial charge is 0.244 e. The fraction of sp³-hybridized carbons (Fsp3) is 0.167. The van der Waals surface area contributed by atoms with E-state index in [1.54, 1.807) is 13.2 Å². The van der Waals surface area contributed by atoms with Crippen molar-refractivity contribution in [3.63, 3.8) is 0 Å². The van der Waals surface area contributed by atoms with Crippen LogP contribution in [0.3, 0.4) is 0 Å². The number of pyridine rings is 1. The zero-order valence-corrected chi connectivity index (χ0v) is 13.5. The summed E-state index contributed by atoms with van der Waals surface area (Å²) in [7, 11) is 1.61. The zero-order chi connectivity index (χ0) is 16.9. The summed E-state index contributed by atoms with van der Waals surface area (Å²) in [6, 6.07) is 12.9. The number of fused-ring (bicyclic) bond motifs is 1. The van der Waals surface area contributed by atoms with E-state index in [4.69, 9.17) is 4.74 Å². The standard InChI is InChI=1S/C18H18N4O2/c1-13(18-21-20-16-8-3-4-11-22(16)18)19-17(23)10-9-14-6-5-7-15(12-14)24-2/h3-13H,1-2H3,(H,19,23)/b10-9+. The summed E-state index contributed by atoms with van der Waals surface area (Å²) in [6.45, 7) is 1.88. The Bertz CT molecular complexity index is 885. The minimum absolute atomic E-state index is 0.196. The van der Waals surface area contributed by atoms with Gasteiger partial charge in [-0.05, 0) is 42.8 Å². The lowest BCUT2D eigenvalue weighted by Crippen LogP contribution is -2.26. The van der Waals surface area contributed by atoms with Gasteiger partial charge in [-0.25, -0.2) is 0 Å². The van der Waals surface area contributed by atoms with E-state index < -0.39 is 0 Å². The number of hydrogen-bond donors (Lipinski definition) is 1. The number of nitrogens with zero attached hydrogens (tertiary/aromatic N) is 3. The van der Waals surface area contributed by atoms with E-state index in [-0.39, 0.29) is 11.9 Å². The van der Waals surface area contributed by atoms with Crippen LogP contribution in [0.25, 0.3) is 11.7 Å². The maximum atomic E-state index is 12.1.